The SMILES string of the molecule is CCNC(=O)CN1CCCN(S(=O)(=O)c2ccc(C)c3ncccc23)CC1. The molecule has 27 heavy (non-hydrogen) atoms. The van der Waals surface area contributed by atoms with Crippen LogP contribution in [-0.2, 0) is 14.8 Å². The van der Waals surface area contributed by atoms with Crippen molar-refractivity contribution in [3.8, 4) is 0 Å². The summed E-state index contributed by atoms with van der Waals surface area (Å²) in [6.45, 7) is 6.78. The van der Waals surface area contributed by atoms with Crippen LogP contribution in [0.25, 0.3) is 10.9 Å². The Morgan fingerprint density at radius 2 is 2.00 bits per heavy atom. The molecule has 1 aliphatic rings. The van der Waals surface area contributed by atoms with Crippen LogP contribution in [0.1, 0.15) is 18.9 Å². The molecule has 0 radical (unpaired) electrons. The fourth-order valence-electron chi connectivity index (χ4n) is 3.45. The molecule has 0 spiro atoms. The van der Waals surface area contributed by atoms with E-state index in [4.69, 9.17) is 0 Å². The summed E-state index contributed by atoms with van der Waals surface area (Å²) in [5, 5.41) is 3.44. The lowest BCUT2D eigenvalue weighted by Gasteiger charge is -2.22. The number of rotatable bonds is 5. The van der Waals surface area contributed by atoms with Crippen molar-refractivity contribution in [1.29, 1.82) is 0 Å². The Balaban J connectivity index is 1.82. The number of nitrogens with one attached hydrogen (secondary N) is 1. The van der Waals surface area contributed by atoms with Crippen LogP contribution in [0.15, 0.2) is 35.4 Å². The van der Waals surface area contributed by atoms with Crippen molar-refractivity contribution in [3.05, 3.63) is 36.0 Å². The Hall–Kier alpha value is -2.03. The normalized spacial score (nSPS) is 17.0. The predicted molar refractivity (Wildman–Crippen MR) is 105 cm³/mol. The highest BCUT2D eigenvalue weighted by molar-refractivity contribution is 7.89. The van der Waals surface area contributed by atoms with Gasteiger partial charge in [-0.1, -0.05) is 6.07 Å². The van der Waals surface area contributed by atoms with E-state index in [2.05, 4.69) is 10.3 Å². The van der Waals surface area contributed by atoms with Crippen LogP contribution in [0.3, 0.4) is 0 Å². The van der Waals surface area contributed by atoms with Gasteiger partial charge in [-0.3, -0.25) is 14.7 Å². The summed E-state index contributed by atoms with van der Waals surface area (Å²) in [5.41, 5.74) is 1.67. The number of aromatic nitrogens is 1. The van der Waals surface area contributed by atoms with Gasteiger partial charge in [0.1, 0.15) is 0 Å². The van der Waals surface area contributed by atoms with Crippen LogP contribution in [0.5, 0.6) is 0 Å². The third kappa shape index (κ3) is 4.28. The lowest BCUT2D eigenvalue weighted by molar-refractivity contribution is -0.122. The van der Waals surface area contributed by atoms with E-state index >= 15 is 0 Å². The van der Waals surface area contributed by atoms with E-state index in [0.29, 0.717) is 61.5 Å². The number of pyridine rings is 1. The molecular weight excluding hydrogens is 364 g/mol. The Labute approximate surface area is 160 Å². The highest BCUT2D eigenvalue weighted by Gasteiger charge is 2.29. The fraction of sp³-hybridized carbons (Fsp3) is 0.474. The van der Waals surface area contributed by atoms with E-state index < -0.39 is 10.0 Å². The first-order chi connectivity index (χ1) is 12.9. The Kier molecular flexibility index (Phi) is 6.08. The molecule has 0 atom stereocenters. The highest BCUT2D eigenvalue weighted by Crippen LogP contribution is 2.27. The van der Waals surface area contributed by atoms with Crippen LogP contribution in [-0.4, -0.2) is 67.8 Å². The lowest BCUT2D eigenvalue weighted by Crippen LogP contribution is -2.40. The van der Waals surface area contributed by atoms with E-state index in [-0.39, 0.29) is 5.91 Å². The molecule has 1 N–H and O–H groups in total. The summed E-state index contributed by atoms with van der Waals surface area (Å²) in [6.07, 6.45) is 2.37. The largest absolute Gasteiger partial charge is 0.355 e. The second kappa shape index (κ2) is 8.33. The number of carbonyl (C=O) groups is 1. The van der Waals surface area contributed by atoms with Gasteiger partial charge in [0.25, 0.3) is 0 Å². The van der Waals surface area contributed by atoms with Crippen LogP contribution in [0.2, 0.25) is 0 Å². The molecule has 1 aromatic heterocycles. The summed E-state index contributed by atoms with van der Waals surface area (Å²) in [4.78, 5) is 18.5. The zero-order chi connectivity index (χ0) is 19.4. The van der Waals surface area contributed by atoms with Gasteiger partial charge >= 0.3 is 0 Å². The maximum Gasteiger partial charge on any atom is 0.243 e. The van der Waals surface area contributed by atoms with Gasteiger partial charge in [0.05, 0.1) is 17.0 Å². The molecule has 3 rings (SSSR count). The first-order valence-corrected chi connectivity index (χ1v) is 10.7. The van der Waals surface area contributed by atoms with Crippen LogP contribution in [0.4, 0.5) is 0 Å². The standard InChI is InChI=1S/C19H26N4O3S/c1-3-20-18(24)14-22-10-5-11-23(13-12-22)27(25,26)17-8-7-15(2)19-16(17)6-4-9-21-19/h4,6-9H,3,5,10-14H2,1-2H3,(H,20,24). The molecule has 146 valence electrons. The summed E-state index contributed by atoms with van der Waals surface area (Å²) in [7, 11) is -3.62. The Morgan fingerprint density at radius 1 is 1.19 bits per heavy atom. The van der Waals surface area contributed by atoms with Crippen LogP contribution in [0, 0.1) is 6.92 Å². The maximum atomic E-state index is 13.3. The van der Waals surface area contributed by atoms with Gasteiger partial charge in [0.15, 0.2) is 0 Å². The van der Waals surface area contributed by atoms with E-state index in [1.807, 2.05) is 18.7 Å². The van der Waals surface area contributed by atoms with Gasteiger partial charge in [0, 0.05) is 37.8 Å². The minimum Gasteiger partial charge on any atom is -0.355 e. The van der Waals surface area contributed by atoms with Crippen molar-refractivity contribution in [2.45, 2.75) is 25.2 Å². The fourth-order valence-corrected chi connectivity index (χ4v) is 5.11. The first kappa shape index (κ1) is 19.7. The number of nitrogens with zero attached hydrogens (tertiary/aromatic N) is 3. The first-order valence-electron chi connectivity index (χ1n) is 9.27. The minimum atomic E-state index is -3.62. The molecule has 7 nitrogen and oxygen atoms in total. The zero-order valence-electron chi connectivity index (χ0n) is 15.8. The third-order valence-electron chi connectivity index (χ3n) is 4.84. The van der Waals surface area contributed by atoms with Crippen molar-refractivity contribution in [2.75, 3.05) is 39.3 Å². The monoisotopic (exact) mass is 390 g/mol. The summed E-state index contributed by atoms with van der Waals surface area (Å²) in [5.74, 6) is -0.0237. The number of sulfonamides is 1. The number of carbonyl (C=O) groups excluding carboxylic acids is 1. The molecule has 0 aliphatic carbocycles. The molecule has 1 aliphatic heterocycles. The van der Waals surface area contributed by atoms with E-state index in [1.165, 1.54) is 4.31 Å². The molecule has 0 bridgehead atoms. The van der Waals surface area contributed by atoms with Gasteiger partial charge in [-0.05, 0) is 50.6 Å². The molecule has 2 aromatic rings. The van der Waals surface area contributed by atoms with Gasteiger partial charge in [-0.2, -0.15) is 4.31 Å². The van der Waals surface area contributed by atoms with Crippen molar-refractivity contribution in [3.63, 3.8) is 0 Å². The number of aryl methyl sites for hydroxylation is 1. The Bertz CT molecular complexity index is 930. The molecule has 8 heteroatoms. The van der Waals surface area contributed by atoms with E-state index in [0.717, 1.165) is 5.56 Å². The second-order valence-electron chi connectivity index (χ2n) is 6.77. The minimum absolute atomic E-state index is 0.0237. The van der Waals surface area contributed by atoms with Crippen LogP contribution >= 0.6 is 0 Å². The molecule has 1 fully saturated rings. The molecule has 2 heterocycles. The van der Waals surface area contributed by atoms with Gasteiger partial charge in [0.2, 0.25) is 15.9 Å². The van der Waals surface area contributed by atoms with Gasteiger partial charge < -0.3 is 5.32 Å². The molecule has 1 amide bonds. The molecule has 1 aromatic carbocycles. The quantitative estimate of drug-likeness (QED) is 0.834. The topological polar surface area (TPSA) is 82.6 Å². The molecule has 0 saturated carbocycles. The van der Waals surface area contributed by atoms with Crippen molar-refractivity contribution in [1.82, 2.24) is 19.5 Å². The predicted octanol–water partition coefficient (Wildman–Crippen LogP) is 1.38. The smallest absolute Gasteiger partial charge is 0.243 e. The van der Waals surface area contributed by atoms with Crippen LogP contribution < -0.4 is 5.32 Å². The summed E-state index contributed by atoms with van der Waals surface area (Å²) in [6, 6.07) is 7.05. The number of hydrogen-bond acceptors (Lipinski definition) is 5. The number of hydrogen-bond donors (Lipinski definition) is 1. The second-order valence-corrected chi connectivity index (χ2v) is 8.67. The highest BCUT2D eigenvalue weighted by atomic mass is 32.2. The molecule has 0 unspecified atom stereocenters. The van der Waals surface area contributed by atoms with E-state index in [1.54, 1.807) is 30.5 Å². The molecule has 1 saturated heterocycles. The number of amides is 1. The lowest BCUT2D eigenvalue weighted by atomic mass is 10.1. The zero-order valence-corrected chi connectivity index (χ0v) is 16.6. The number of fused-ring (bicyclic) bond motifs is 1. The number of likely N-dealkylation sites (N-methyl/N-ethyl adjacent to an activating group) is 1. The average molecular weight is 391 g/mol. The summed E-state index contributed by atoms with van der Waals surface area (Å²) >= 11 is 0. The Morgan fingerprint density at radius 3 is 2.78 bits per heavy atom. The number of benzene rings is 1. The average Bonchev–Trinajstić information content (AvgIpc) is 2.88. The van der Waals surface area contributed by atoms with Gasteiger partial charge in [-0.25, -0.2) is 8.42 Å². The maximum absolute atomic E-state index is 13.3. The van der Waals surface area contributed by atoms with Crippen molar-refractivity contribution >= 4 is 26.8 Å². The third-order valence-corrected chi connectivity index (χ3v) is 6.79. The summed E-state index contributed by atoms with van der Waals surface area (Å²) < 4.78 is 28.1. The van der Waals surface area contributed by atoms with Crippen molar-refractivity contribution < 1.29 is 13.2 Å². The van der Waals surface area contributed by atoms with Crippen molar-refractivity contribution in [2.24, 2.45) is 0 Å². The van der Waals surface area contributed by atoms with Gasteiger partial charge in [-0.15, -0.1) is 0 Å². The van der Waals surface area contributed by atoms with E-state index in [9.17, 15) is 13.2 Å². The molecular formula is C19H26N4O3S.